The molecule has 0 aromatic heterocycles. The lowest BCUT2D eigenvalue weighted by molar-refractivity contribution is -0.134. The van der Waals surface area contributed by atoms with E-state index >= 15 is 0 Å². The van der Waals surface area contributed by atoms with Gasteiger partial charge in [0.15, 0.2) is 0 Å². The van der Waals surface area contributed by atoms with E-state index in [0.717, 1.165) is 22.1 Å². The Kier molecular flexibility index (Phi) is 5.01. The van der Waals surface area contributed by atoms with Crippen molar-refractivity contribution in [3.63, 3.8) is 0 Å². The van der Waals surface area contributed by atoms with Crippen molar-refractivity contribution in [3.8, 4) is 5.75 Å². The first-order valence-electron chi connectivity index (χ1n) is 6.50. The van der Waals surface area contributed by atoms with Gasteiger partial charge in [-0.05, 0) is 46.1 Å². The fourth-order valence-electron chi connectivity index (χ4n) is 2.18. The Balaban J connectivity index is 2.08. The summed E-state index contributed by atoms with van der Waals surface area (Å²) in [6, 6.07) is 3.82. The molecule has 0 N–H and O–H groups in total. The summed E-state index contributed by atoms with van der Waals surface area (Å²) in [7, 11) is 1.32. The monoisotopic (exact) mass is 353 g/mol. The first-order chi connectivity index (χ1) is 10.0. The van der Waals surface area contributed by atoms with Crippen LogP contribution in [0.15, 0.2) is 28.8 Å². The maximum absolute atomic E-state index is 11.5. The van der Waals surface area contributed by atoms with Crippen LogP contribution in [-0.4, -0.2) is 32.1 Å². The zero-order valence-corrected chi connectivity index (χ0v) is 13.5. The minimum absolute atomic E-state index is 0.0373. The number of rotatable bonds is 4. The average Bonchev–Trinajstić information content (AvgIpc) is 2.85. The molecule has 1 aromatic rings. The molecule has 1 amide bonds. The number of amides is 1. The van der Waals surface area contributed by atoms with Crippen molar-refractivity contribution in [2.45, 2.75) is 13.3 Å². The third kappa shape index (κ3) is 3.64. The van der Waals surface area contributed by atoms with Crippen LogP contribution >= 0.6 is 15.9 Å². The third-order valence-electron chi connectivity index (χ3n) is 3.20. The molecular weight excluding hydrogens is 338 g/mol. The van der Waals surface area contributed by atoms with Crippen molar-refractivity contribution in [3.05, 3.63) is 34.3 Å². The van der Waals surface area contributed by atoms with E-state index in [0.29, 0.717) is 12.3 Å². The number of carbonyl (C=O) groups is 2. The van der Waals surface area contributed by atoms with E-state index in [1.54, 1.807) is 17.9 Å². The predicted octanol–water partition coefficient (Wildman–Crippen LogP) is 2.47. The summed E-state index contributed by atoms with van der Waals surface area (Å²) >= 11 is 3.44. The van der Waals surface area contributed by atoms with Crippen LogP contribution in [0.2, 0.25) is 0 Å². The lowest BCUT2D eigenvalue weighted by atomic mass is 10.1. The van der Waals surface area contributed by atoms with E-state index in [-0.39, 0.29) is 12.5 Å². The maximum Gasteiger partial charge on any atom is 0.330 e. The van der Waals surface area contributed by atoms with Gasteiger partial charge in [0.05, 0.1) is 11.6 Å². The minimum atomic E-state index is -0.413. The van der Waals surface area contributed by atoms with Crippen molar-refractivity contribution in [2.24, 2.45) is 0 Å². The minimum Gasteiger partial charge on any atom is -0.488 e. The van der Waals surface area contributed by atoms with Gasteiger partial charge in [-0.1, -0.05) is 0 Å². The lowest BCUT2D eigenvalue weighted by Gasteiger charge is -2.16. The van der Waals surface area contributed by atoms with Crippen LogP contribution in [-0.2, 0) is 20.7 Å². The average molecular weight is 354 g/mol. The van der Waals surface area contributed by atoms with Crippen LogP contribution in [0.5, 0.6) is 5.75 Å². The SMILES string of the molecule is COC(=O)C=CCOc1cc2c(cc1Br)N(C(C)=O)CC2. The number of fused-ring (bicyclic) bond motifs is 1. The van der Waals surface area contributed by atoms with Crippen molar-refractivity contribution in [1.29, 1.82) is 0 Å². The Morgan fingerprint density at radius 3 is 2.86 bits per heavy atom. The van der Waals surface area contributed by atoms with E-state index in [1.807, 2.05) is 12.1 Å². The lowest BCUT2D eigenvalue weighted by Crippen LogP contribution is -2.25. The number of halogens is 1. The number of benzene rings is 1. The Morgan fingerprint density at radius 2 is 2.19 bits per heavy atom. The highest BCUT2D eigenvalue weighted by Crippen LogP contribution is 2.37. The number of anilines is 1. The molecule has 0 fully saturated rings. The first kappa shape index (κ1) is 15.6. The summed E-state index contributed by atoms with van der Waals surface area (Å²) in [5, 5.41) is 0. The fraction of sp³-hybridized carbons (Fsp3) is 0.333. The molecule has 0 spiro atoms. The summed E-state index contributed by atoms with van der Waals surface area (Å²) in [6.45, 7) is 2.52. The molecule has 21 heavy (non-hydrogen) atoms. The molecule has 0 aliphatic carbocycles. The topological polar surface area (TPSA) is 55.8 Å². The summed E-state index contributed by atoms with van der Waals surface area (Å²) < 4.78 is 10.9. The van der Waals surface area contributed by atoms with Crippen LogP contribution in [0, 0.1) is 0 Å². The summed E-state index contributed by atoms with van der Waals surface area (Å²) in [4.78, 5) is 24.2. The number of carbonyl (C=O) groups excluding carboxylic acids is 2. The second kappa shape index (κ2) is 6.76. The van der Waals surface area contributed by atoms with Gasteiger partial charge in [-0.15, -0.1) is 0 Å². The van der Waals surface area contributed by atoms with Crippen molar-refractivity contribution < 1.29 is 19.1 Å². The Bertz CT molecular complexity index is 598. The molecule has 2 rings (SSSR count). The molecule has 0 atom stereocenters. The smallest absolute Gasteiger partial charge is 0.330 e. The molecule has 0 unspecified atom stereocenters. The van der Waals surface area contributed by atoms with Gasteiger partial charge in [-0.25, -0.2) is 4.79 Å². The van der Waals surface area contributed by atoms with Crippen LogP contribution < -0.4 is 9.64 Å². The zero-order chi connectivity index (χ0) is 15.4. The third-order valence-corrected chi connectivity index (χ3v) is 3.82. The highest BCUT2D eigenvalue weighted by Gasteiger charge is 2.23. The highest BCUT2D eigenvalue weighted by molar-refractivity contribution is 9.10. The van der Waals surface area contributed by atoms with Gasteiger partial charge in [0.1, 0.15) is 12.4 Å². The molecule has 5 nitrogen and oxygen atoms in total. The van der Waals surface area contributed by atoms with E-state index in [1.165, 1.54) is 13.2 Å². The van der Waals surface area contributed by atoms with Crippen LogP contribution in [0.3, 0.4) is 0 Å². The Hall–Kier alpha value is -1.82. The normalized spacial score (nSPS) is 13.4. The molecule has 1 heterocycles. The molecule has 1 aromatic carbocycles. The zero-order valence-electron chi connectivity index (χ0n) is 11.9. The number of esters is 1. The van der Waals surface area contributed by atoms with Gasteiger partial charge < -0.3 is 14.4 Å². The van der Waals surface area contributed by atoms with Gasteiger partial charge in [0.25, 0.3) is 0 Å². The highest BCUT2D eigenvalue weighted by atomic mass is 79.9. The summed E-state index contributed by atoms with van der Waals surface area (Å²) in [5.41, 5.74) is 2.01. The van der Waals surface area contributed by atoms with Crippen molar-refractivity contribution in [1.82, 2.24) is 0 Å². The Morgan fingerprint density at radius 1 is 1.43 bits per heavy atom. The second-order valence-corrected chi connectivity index (χ2v) is 5.42. The fourth-order valence-corrected chi connectivity index (χ4v) is 2.62. The molecule has 112 valence electrons. The number of hydrogen-bond donors (Lipinski definition) is 0. The standard InChI is InChI=1S/C15H16BrNO4/c1-10(18)17-6-5-11-8-14(12(16)9-13(11)17)21-7-3-4-15(19)20-2/h3-4,8-9H,5-7H2,1-2H3. The van der Waals surface area contributed by atoms with Gasteiger partial charge in [-0.2, -0.15) is 0 Å². The van der Waals surface area contributed by atoms with Crippen LogP contribution in [0.25, 0.3) is 0 Å². The van der Waals surface area contributed by atoms with Crippen LogP contribution in [0.4, 0.5) is 5.69 Å². The molecule has 0 bridgehead atoms. The van der Waals surface area contributed by atoms with Gasteiger partial charge in [0.2, 0.25) is 5.91 Å². The number of ether oxygens (including phenoxy) is 2. The van der Waals surface area contributed by atoms with Gasteiger partial charge in [-0.3, -0.25) is 4.79 Å². The van der Waals surface area contributed by atoms with Crippen LogP contribution in [0.1, 0.15) is 12.5 Å². The molecule has 1 aliphatic heterocycles. The first-order valence-corrected chi connectivity index (χ1v) is 7.30. The van der Waals surface area contributed by atoms with E-state index < -0.39 is 5.97 Å². The molecule has 1 aliphatic rings. The molecule has 0 radical (unpaired) electrons. The maximum atomic E-state index is 11.5. The largest absolute Gasteiger partial charge is 0.488 e. The molecule has 0 saturated heterocycles. The van der Waals surface area contributed by atoms with Gasteiger partial charge in [0, 0.05) is 25.2 Å². The van der Waals surface area contributed by atoms with Crippen molar-refractivity contribution >= 4 is 33.5 Å². The molecular formula is C15H16BrNO4. The quantitative estimate of drug-likeness (QED) is 0.616. The van der Waals surface area contributed by atoms with Gasteiger partial charge >= 0.3 is 5.97 Å². The van der Waals surface area contributed by atoms with Crippen molar-refractivity contribution in [2.75, 3.05) is 25.2 Å². The predicted molar refractivity (Wildman–Crippen MR) is 82.5 cm³/mol. The summed E-state index contributed by atoms with van der Waals surface area (Å²) in [5.74, 6) is 0.313. The number of methoxy groups -OCH3 is 1. The van der Waals surface area contributed by atoms with E-state index in [2.05, 4.69) is 20.7 Å². The Labute approximate surface area is 131 Å². The number of hydrogen-bond acceptors (Lipinski definition) is 4. The second-order valence-electron chi connectivity index (χ2n) is 4.57. The summed E-state index contributed by atoms with van der Waals surface area (Å²) in [6.07, 6.45) is 3.72. The number of nitrogens with zero attached hydrogens (tertiary/aromatic N) is 1. The van der Waals surface area contributed by atoms with E-state index in [4.69, 9.17) is 4.74 Å². The van der Waals surface area contributed by atoms with E-state index in [9.17, 15) is 9.59 Å². The molecule has 6 heteroatoms. The molecule has 0 saturated carbocycles.